The van der Waals surface area contributed by atoms with Crippen LogP contribution in [0.3, 0.4) is 0 Å². The normalized spacial score (nSPS) is 16.2. The van der Waals surface area contributed by atoms with Crippen LogP contribution in [0.25, 0.3) is 11.0 Å². The van der Waals surface area contributed by atoms with Crippen LogP contribution in [0.2, 0.25) is 0 Å². The van der Waals surface area contributed by atoms with Crippen LogP contribution in [0.4, 0.5) is 5.69 Å². The molecule has 1 aromatic heterocycles. The van der Waals surface area contributed by atoms with Crippen molar-refractivity contribution in [2.24, 2.45) is 0 Å². The SMILES string of the molecule is CCC(C)(CC)n1c(C2CC2)nc2cc(N)ccc21. The number of rotatable bonds is 4. The Bertz CT molecular complexity index is 604. The minimum atomic E-state index is 0.156. The average Bonchev–Trinajstić information content (AvgIpc) is 3.19. The summed E-state index contributed by atoms with van der Waals surface area (Å²) in [7, 11) is 0. The van der Waals surface area contributed by atoms with Crippen LogP contribution in [0.5, 0.6) is 0 Å². The predicted molar refractivity (Wildman–Crippen MR) is 80.4 cm³/mol. The third-order valence-corrected chi connectivity index (χ3v) is 4.71. The van der Waals surface area contributed by atoms with Crippen molar-refractivity contribution in [2.45, 2.75) is 57.9 Å². The van der Waals surface area contributed by atoms with Gasteiger partial charge in [0.2, 0.25) is 0 Å². The highest BCUT2D eigenvalue weighted by atomic mass is 15.1. The predicted octanol–water partition coefficient (Wildman–Crippen LogP) is 4.03. The number of nitrogen functional groups attached to an aromatic ring is 1. The molecule has 0 saturated heterocycles. The summed E-state index contributed by atoms with van der Waals surface area (Å²) in [5.41, 5.74) is 9.14. The molecule has 1 aliphatic carbocycles. The first-order chi connectivity index (χ1) is 9.09. The van der Waals surface area contributed by atoms with Gasteiger partial charge in [0.25, 0.3) is 0 Å². The molecule has 0 amide bonds. The van der Waals surface area contributed by atoms with Gasteiger partial charge in [-0.25, -0.2) is 4.98 Å². The first kappa shape index (κ1) is 12.5. The second-order valence-corrected chi connectivity index (χ2v) is 6.03. The topological polar surface area (TPSA) is 43.8 Å². The number of hydrogen-bond donors (Lipinski definition) is 1. The van der Waals surface area contributed by atoms with Crippen LogP contribution in [-0.2, 0) is 5.54 Å². The summed E-state index contributed by atoms with van der Waals surface area (Å²) < 4.78 is 2.49. The standard InChI is InChI=1S/C16H23N3/c1-4-16(3,5-2)19-14-9-8-12(17)10-13(14)18-15(19)11-6-7-11/h8-11H,4-7,17H2,1-3H3. The Hall–Kier alpha value is -1.51. The van der Waals surface area contributed by atoms with Crippen LogP contribution < -0.4 is 5.73 Å². The van der Waals surface area contributed by atoms with E-state index in [2.05, 4.69) is 31.4 Å². The molecular weight excluding hydrogens is 234 g/mol. The average molecular weight is 257 g/mol. The molecule has 2 aromatic rings. The van der Waals surface area contributed by atoms with Crippen molar-refractivity contribution in [1.29, 1.82) is 0 Å². The molecule has 0 spiro atoms. The highest BCUT2D eigenvalue weighted by molar-refractivity contribution is 5.80. The third kappa shape index (κ3) is 1.92. The fraction of sp³-hybridized carbons (Fsp3) is 0.562. The van der Waals surface area contributed by atoms with E-state index in [9.17, 15) is 0 Å². The van der Waals surface area contributed by atoms with E-state index in [1.165, 1.54) is 24.2 Å². The largest absolute Gasteiger partial charge is 0.399 e. The van der Waals surface area contributed by atoms with E-state index in [4.69, 9.17) is 10.7 Å². The molecule has 0 bridgehead atoms. The summed E-state index contributed by atoms with van der Waals surface area (Å²) in [6, 6.07) is 6.12. The van der Waals surface area contributed by atoms with Crippen molar-refractivity contribution in [3.05, 3.63) is 24.0 Å². The molecule has 19 heavy (non-hydrogen) atoms. The molecule has 1 fully saturated rings. The Labute approximate surface area is 114 Å². The van der Waals surface area contributed by atoms with Crippen LogP contribution in [0.1, 0.15) is 58.2 Å². The van der Waals surface area contributed by atoms with Crippen molar-refractivity contribution in [1.82, 2.24) is 9.55 Å². The van der Waals surface area contributed by atoms with Crippen LogP contribution in [-0.4, -0.2) is 9.55 Å². The second kappa shape index (κ2) is 4.26. The number of imidazole rings is 1. The van der Waals surface area contributed by atoms with Gasteiger partial charge in [-0.2, -0.15) is 0 Å². The lowest BCUT2D eigenvalue weighted by molar-refractivity contribution is 0.294. The number of nitrogens with zero attached hydrogens (tertiary/aromatic N) is 2. The van der Waals surface area contributed by atoms with Gasteiger partial charge in [-0.1, -0.05) is 13.8 Å². The zero-order valence-corrected chi connectivity index (χ0v) is 12.1. The van der Waals surface area contributed by atoms with E-state index >= 15 is 0 Å². The summed E-state index contributed by atoms with van der Waals surface area (Å²) in [4.78, 5) is 4.88. The molecule has 3 rings (SSSR count). The molecular formula is C16H23N3. The van der Waals surface area contributed by atoms with E-state index in [0.717, 1.165) is 24.0 Å². The molecule has 1 saturated carbocycles. The highest BCUT2D eigenvalue weighted by Crippen LogP contribution is 2.44. The maximum absolute atomic E-state index is 5.90. The number of aromatic nitrogens is 2. The lowest BCUT2D eigenvalue weighted by atomic mass is 9.94. The van der Waals surface area contributed by atoms with Crippen molar-refractivity contribution >= 4 is 16.7 Å². The monoisotopic (exact) mass is 257 g/mol. The lowest BCUT2D eigenvalue weighted by Gasteiger charge is -2.31. The molecule has 0 aliphatic heterocycles. The van der Waals surface area contributed by atoms with Crippen LogP contribution in [0.15, 0.2) is 18.2 Å². The minimum Gasteiger partial charge on any atom is -0.399 e. The van der Waals surface area contributed by atoms with Gasteiger partial charge in [0.15, 0.2) is 0 Å². The first-order valence-corrected chi connectivity index (χ1v) is 7.37. The summed E-state index contributed by atoms with van der Waals surface area (Å²) in [6.07, 6.45) is 4.81. The van der Waals surface area contributed by atoms with Crippen LogP contribution >= 0.6 is 0 Å². The van der Waals surface area contributed by atoms with E-state index in [1.807, 2.05) is 12.1 Å². The molecule has 0 radical (unpaired) electrons. The summed E-state index contributed by atoms with van der Waals surface area (Å²) in [5.74, 6) is 1.93. The number of nitrogens with two attached hydrogens (primary N) is 1. The Morgan fingerprint density at radius 3 is 2.58 bits per heavy atom. The van der Waals surface area contributed by atoms with Gasteiger partial charge in [-0.05, 0) is 50.8 Å². The second-order valence-electron chi connectivity index (χ2n) is 6.03. The molecule has 102 valence electrons. The van der Waals surface area contributed by atoms with E-state index < -0.39 is 0 Å². The van der Waals surface area contributed by atoms with Gasteiger partial charge < -0.3 is 10.3 Å². The molecule has 3 nitrogen and oxygen atoms in total. The number of hydrogen-bond acceptors (Lipinski definition) is 2. The van der Waals surface area contributed by atoms with E-state index in [0.29, 0.717) is 5.92 Å². The lowest BCUT2D eigenvalue weighted by Crippen LogP contribution is -2.30. The van der Waals surface area contributed by atoms with Gasteiger partial charge in [-0.15, -0.1) is 0 Å². The van der Waals surface area contributed by atoms with Gasteiger partial charge in [-0.3, -0.25) is 0 Å². The van der Waals surface area contributed by atoms with Crippen molar-refractivity contribution in [3.8, 4) is 0 Å². The number of anilines is 1. The Balaban J connectivity index is 2.27. The first-order valence-electron chi connectivity index (χ1n) is 7.37. The molecule has 3 heteroatoms. The smallest absolute Gasteiger partial charge is 0.113 e. The van der Waals surface area contributed by atoms with Crippen LogP contribution in [0, 0.1) is 0 Å². The summed E-state index contributed by atoms with van der Waals surface area (Å²) in [5, 5.41) is 0. The zero-order valence-electron chi connectivity index (χ0n) is 12.1. The molecule has 1 aliphatic rings. The quantitative estimate of drug-likeness (QED) is 0.840. The van der Waals surface area contributed by atoms with Gasteiger partial charge in [0.1, 0.15) is 5.82 Å². The van der Waals surface area contributed by atoms with E-state index in [1.54, 1.807) is 0 Å². The Kier molecular flexibility index (Phi) is 2.80. The molecule has 1 aromatic carbocycles. The van der Waals surface area contributed by atoms with Gasteiger partial charge in [0, 0.05) is 17.1 Å². The third-order valence-electron chi connectivity index (χ3n) is 4.71. The van der Waals surface area contributed by atoms with Gasteiger partial charge in [0.05, 0.1) is 11.0 Å². The number of benzene rings is 1. The Morgan fingerprint density at radius 1 is 1.32 bits per heavy atom. The fourth-order valence-corrected chi connectivity index (χ4v) is 2.86. The van der Waals surface area contributed by atoms with Crippen molar-refractivity contribution in [3.63, 3.8) is 0 Å². The highest BCUT2D eigenvalue weighted by Gasteiger charge is 2.35. The van der Waals surface area contributed by atoms with Crippen molar-refractivity contribution in [2.75, 3.05) is 5.73 Å². The van der Waals surface area contributed by atoms with Crippen molar-refractivity contribution < 1.29 is 0 Å². The Morgan fingerprint density at radius 2 is 2.00 bits per heavy atom. The maximum atomic E-state index is 5.90. The summed E-state index contributed by atoms with van der Waals surface area (Å²) >= 11 is 0. The minimum absolute atomic E-state index is 0.156. The summed E-state index contributed by atoms with van der Waals surface area (Å²) in [6.45, 7) is 6.88. The molecule has 0 unspecified atom stereocenters. The van der Waals surface area contributed by atoms with E-state index in [-0.39, 0.29) is 5.54 Å². The molecule has 2 N–H and O–H groups in total. The zero-order chi connectivity index (χ0) is 13.6. The molecule has 1 heterocycles. The molecule has 0 atom stereocenters. The van der Waals surface area contributed by atoms with Gasteiger partial charge >= 0.3 is 0 Å². The fourth-order valence-electron chi connectivity index (χ4n) is 2.86. The number of fused-ring (bicyclic) bond motifs is 1. The maximum Gasteiger partial charge on any atom is 0.113 e.